The standard InChI is InChI=1S/C10H12FNO2/c1-12-5-10(14)9-3-2-8(11)4-7(9)6-13/h2-4,6,10,12,14H,5H2,1H3. The summed E-state index contributed by atoms with van der Waals surface area (Å²) in [5.74, 6) is -0.479. The lowest BCUT2D eigenvalue weighted by molar-refractivity contribution is 0.111. The summed E-state index contributed by atoms with van der Waals surface area (Å²) in [5, 5.41) is 12.4. The molecule has 14 heavy (non-hydrogen) atoms. The van der Waals surface area contributed by atoms with Crippen molar-refractivity contribution in [1.82, 2.24) is 5.32 Å². The Morgan fingerprint density at radius 3 is 2.93 bits per heavy atom. The van der Waals surface area contributed by atoms with Crippen LogP contribution in [0.1, 0.15) is 22.0 Å². The van der Waals surface area contributed by atoms with Crippen molar-refractivity contribution < 1.29 is 14.3 Å². The summed E-state index contributed by atoms with van der Waals surface area (Å²) in [4.78, 5) is 10.6. The molecule has 0 aliphatic carbocycles. The van der Waals surface area contributed by atoms with Gasteiger partial charge >= 0.3 is 0 Å². The van der Waals surface area contributed by atoms with Gasteiger partial charge in [-0.25, -0.2) is 4.39 Å². The molecule has 1 aromatic carbocycles. The van der Waals surface area contributed by atoms with Gasteiger partial charge in [0.1, 0.15) is 5.82 Å². The Hall–Kier alpha value is -1.26. The van der Waals surface area contributed by atoms with Crippen molar-refractivity contribution in [2.45, 2.75) is 6.10 Å². The van der Waals surface area contributed by atoms with Crippen LogP contribution in [0, 0.1) is 5.82 Å². The maximum Gasteiger partial charge on any atom is 0.150 e. The molecule has 0 aromatic heterocycles. The first-order valence-electron chi connectivity index (χ1n) is 4.26. The maximum atomic E-state index is 12.7. The lowest BCUT2D eigenvalue weighted by atomic mass is 10.0. The summed E-state index contributed by atoms with van der Waals surface area (Å²) in [6.07, 6.45) is -0.252. The van der Waals surface area contributed by atoms with Gasteiger partial charge in [-0.2, -0.15) is 0 Å². The number of hydrogen-bond donors (Lipinski definition) is 2. The highest BCUT2D eigenvalue weighted by Gasteiger charge is 2.11. The zero-order valence-corrected chi connectivity index (χ0v) is 7.83. The van der Waals surface area contributed by atoms with Crippen LogP contribution < -0.4 is 5.32 Å². The summed E-state index contributed by atoms with van der Waals surface area (Å²) in [6.45, 7) is 0.326. The minimum absolute atomic E-state index is 0.188. The van der Waals surface area contributed by atoms with Crippen molar-refractivity contribution in [3.8, 4) is 0 Å². The Balaban J connectivity index is 3.01. The van der Waals surface area contributed by atoms with Gasteiger partial charge in [0.25, 0.3) is 0 Å². The van der Waals surface area contributed by atoms with Crippen LogP contribution in [0.15, 0.2) is 18.2 Å². The highest BCUT2D eigenvalue weighted by Crippen LogP contribution is 2.17. The van der Waals surface area contributed by atoms with E-state index in [1.807, 2.05) is 0 Å². The largest absolute Gasteiger partial charge is 0.387 e. The number of carbonyl (C=O) groups excluding carboxylic acids is 1. The highest BCUT2D eigenvalue weighted by molar-refractivity contribution is 5.77. The van der Waals surface area contributed by atoms with Gasteiger partial charge in [0.2, 0.25) is 0 Å². The smallest absolute Gasteiger partial charge is 0.150 e. The van der Waals surface area contributed by atoms with Gasteiger partial charge in [-0.3, -0.25) is 4.79 Å². The van der Waals surface area contributed by atoms with Crippen LogP contribution in [-0.2, 0) is 0 Å². The monoisotopic (exact) mass is 197 g/mol. The second kappa shape index (κ2) is 4.83. The first-order valence-corrected chi connectivity index (χ1v) is 4.26. The van der Waals surface area contributed by atoms with E-state index in [0.29, 0.717) is 18.4 Å². The van der Waals surface area contributed by atoms with Crippen molar-refractivity contribution in [2.24, 2.45) is 0 Å². The average Bonchev–Trinajstić information content (AvgIpc) is 2.17. The van der Waals surface area contributed by atoms with Gasteiger partial charge in [0, 0.05) is 12.1 Å². The molecule has 2 N–H and O–H groups in total. The third-order valence-electron chi connectivity index (χ3n) is 1.93. The number of benzene rings is 1. The molecule has 0 saturated carbocycles. The number of aliphatic hydroxyl groups is 1. The van der Waals surface area contributed by atoms with E-state index in [0.717, 1.165) is 6.07 Å². The van der Waals surface area contributed by atoms with E-state index in [9.17, 15) is 14.3 Å². The van der Waals surface area contributed by atoms with E-state index in [1.165, 1.54) is 12.1 Å². The molecule has 0 radical (unpaired) electrons. The van der Waals surface area contributed by atoms with Crippen LogP contribution in [0.3, 0.4) is 0 Å². The van der Waals surface area contributed by atoms with E-state index >= 15 is 0 Å². The van der Waals surface area contributed by atoms with Crippen LogP contribution in [0.25, 0.3) is 0 Å². The SMILES string of the molecule is CNCC(O)c1ccc(F)cc1C=O. The van der Waals surface area contributed by atoms with Gasteiger partial charge in [-0.1, -0.05) is 6.07 Å². The molecule has 3 nitrogen and oxygen atoms in total. The molecule has 0 heterocycles. The molecule has 0 bridgehead atoms. The molecule has 4 heteroatoms. The molecule has 1 unspecified atom stereocenters. The lowest BCUT2D eigenvalue weighted by Gasteiger charge is -2.12. The van der Waals surface area contributed by atoms with Crippen molar-refractivity contribution in [3.05, 3.63) is 35.1 Å². The highest BCUT2D eigenvalue weighted by atomic mass is 19.1. The molecule has 1 aromatic rings. The normalized spacial score (nSPS) is 12.5. The minimum Gasteiger partial charge on any atom is -0.387 e. The zero-order valence-electron chi connectivity index (χ0n) is 7.83. The first-order chi connectivity index (χ1) is 6.69. The molecule has 0 amide bonds. The van der Waals surface area contributed by atoms with Crippen LogP contribution in [-0.4, -0.2) is 25.0 Å². The Bertz CT molecular complexity index is 328. The third-order valence-corrected chi connectivity index (χ3v) is 1.93. The quantitative estimate of drug-likeness (QED) is 0.705. The number of nitrogens with one attached hydrogen (secondary N) is 1. The van der Waals surface area contributed by atoms with Gasteiger partial charge in [-0.15, -0.1) is 0 Å². The van der Waals surface area contributed by atoms with Gasteiger partial charge in [0.15, 0.2) is 6.29 Å². The number of carbonyl (C=O) groups is 1. The van der Waals surface area contributed by atoms with Crippen LogP contribution >= 0.6 is 0 Å². The minimum atomic E-state index is -0.791. The molecule has 0 aliphatic heterocycles. The first kappa shape index (κ1) is 10.8. The molecule has 0 saturated heterocycles. The van der Waals surface area contributed by atoms with Crippen molar-refractivity contribution in [1.29, 1.82) is 0 Å². The zero-order chi connectivity index (χ0) is 10.6. The average molecular weight is 197 g/mol. The van der Waals surface area contributed by atoms with Gasteiger partial charge in [0.05, 0.1) is 6.10 Å². The number of aldehydes is 1. The molecule has 0 aliphatic rings. The number of halogens is 1. The lowest BCUT2D eigenvalue weighted by Crippen LogP contribution is -2.17. The van der Waals surface area contributed by atoms with Crippen molar-refractivity contribution in [2.75, 3.05) is 13.6 Å². The van der Waals surface area contributed by atoms with E-state index < -0.39 is 11.9 Å². The number of aliphatic hydroxyl groups excluding tert-OH is 1. The summed E-state index contributed by atoms with van der Waals surface area (Å²) < 4.78 is 12.7. The Kier molecular flexibility index (Phi) is 3.73. The second-order valence-electron chi connectivity index (χ2n) is 2.96. The number of likely N-dealkylation sites (N-methyl/N-ethyl adjacent to an activating group) is 1. The fourth-order valence-corrected chi connectivity index (χ4v) is 1.25. The predicted octanol–water partition coefficient (Wildman–Crippen LogP) is 0.891. The fourth-order valence-electron chi connectivity index (χ4n) is 1.25. The Labute approximate surface area is 81.6 Å². The molecule has 0 spiro atoms. The maximum absolute atomic E-state index is 12.7. The molecular formula is C10H12FNO2. The summed E-state index contributed by atoms with van der Waals surface area (Å²) in [5.41, 5.74) is 0.628. The van der Waals surface area contributed by atoms with E-state index in [1.54, 1.807) is 7.05 Å². The molecule has 1 atom stereocenters. The topological polar surface area (TPSA) is 49.3 Å². The third kappa shape index (κ3) is 2.37. The van der Waals surface area contributed by atoms with E-state index in [4.69, 9.17) is 0 Å². The molecule has 0 fully saturated rings. The molecular weight excluding hydrogens is 185 g/mol. The van der Waals surface area contributed by atoms with E-state index in [2.05, 4.69) is 5.32 Å². The summed E-state index contributed by atoms with van der Waals surface area (Å²) in [6, 6.07) is 3.75. The number of rotatable bonds is 4. The molecule has 76 valence electrons. The summed E-state index contributed by atoms with van der Waals surface area (Å²) >= 11 is 0. The van der Waals surface area contributed by atoms with Crippen LogP contribution in [0.4, 0.5) is 4.39 Å². The second-order valence-corrected chi connectivity index (χ2v) is 2.96. The predicted molar refractivity (Wildman–Crippen MR) is 50.7 cm³/mol. The van der Waals surface area contributed by atoms with Crippen molar-refractivity contribution in [3.63, 3.8) is 0 Å². The van der Waals surface area contributed by atoms with Crippen molar-refractivity contribution >= 4 is 6.29 Å². The Morgan fingerprint density at radius 2 is 2.36 bits per heavy atom. The fraction of sp³-hybridized carbons (Fsp3) is 0.300. The Morgan fingerprint density at radius 1 is 1.64 bits per heavy atom. The number of hydrogen-bond acceptors (Lipinski definition) is 3. The summed E-state index contributed by atoms with van der Waals surface area (Å²) in [7, 11) is 1.69. The van der Waals surface area contributed by atoms with Crippen LogP contribution in [0.5, 0.6) is 0 Å². The molecule has 1 rings (SSSR count). The van der Waals surface area contributed by atoms with Gasteiger partial charge < -0.3 is 10.4 Å². The van der Waals surface area contributed by atoms with Crippen LogP contribution in [0.2, 0.25) is 0 Å². The van der Waals surface area contributed by atoms with E-state index in [-0.39, 0.29) is 5.56 Å². The van der Waals surface area contributed by atoms with Gasteiger partial charge in [-0.05, 0) is 24.7 Å².